The second kappa shape index (κ2) is 7.05. The molecule has 0 aromatic carbocycles. The Hall–Kier alpha value is -0.370. The maximum absolute atomic E-state index is 12.2. The fourth-order valence-electron chi connectivity index (χ4n) is 3.02. The summed E-state index contributed by atoms with van der Waals surface area (Å²) in [5.41, 5.74) is 0. The average Bonchev–Trinajstić information content (AvgIpc) is 2.26. The van der Waals surface area contributed by atoms with Crippen LogP contribution in [0.5, 0.6) is 0 Å². The molecule has 2 heteroatoms. The van der Waals surface area contributed by atoms with Crippen LogP contribution in [0, 0.1) is 17.8 Å². The third-order valence-electron chi connectivity index (χ3n) is 3.88. The summed E-state index contributed by atoms with van der Waals surface area (Å²) < 4.78 is 5.26. The fourth-order valence-corrected chi connectivity index (χ4v) is 3.02. The highest BCUT2D eigenvalue weighted by atomic mass is 16.5. The minimum absolute atomic E-state index is 0.264. The monoisotopic (exact) mass is 226 g/mol. The molecule has 0 aliphatic heterocycles. The molecule has 0 spiro atoms. The van der Waals surface area contributed by atoms with Crippen LogP contribution >= 0.6 is 0 Å². The maximum atomic E-state index is 12.2. The van der Waals surface area contributed by atoms with Crippen molar-refractivity contribution in [2.75, 3.05) is 13.7 Å². The van der Waals surface area contributed by atoms with Crippen LogP contribution in [-0.2, 0) is 9.53 Å². The van der Waals surface area contributed by atoms with Gasteiger partial charge in [0, 0.05) is 26.1 Å². The van der Waals surface area contributed by atoms with Crippen molar-refractivity contribution in [3.05, 3.63) is 0 Å². The van der Waals surface area contributed by atoms with Gasteiger partial charge in [-0.2, -0.15) is 0 Å². The topological polar surface area (TPSA) is 26.3 Å². The van der Waals surface area contributed by atoms with Crippen LogP contribution in [0.2, 0.25) is 0 Å². The maximum Gasteiger partial charge on any atom is 0.136 e. The zero-order valence-electron chi connectivity index (χ0n) is 11.0. The molecule has 0 amide bonds. The number of ketones is 1. The zero-order valence-corrected chi connectivity index (χ0v) is 11.0. The van der Waals surface area contributed by atoms with Crippen molar-refractivity contribution in [2.24, 2.45) is 17.8 Å². The number of hydrogen-bond donors (Lipinski definition) is 0. The number of methoxy groups -OCH3 is 1. The number of unbranched alkanes of at least 4 members (excludes halogenated alkanes) is 1. The summed E-state index contributed by atoms with van der Waals surface area (Å²) in [6.07, 6.45) is 6.56. The van der Waals surface area contributed by atoms with Crippen molar-refractivity contribution in [1.82, 2.24) is 0 Å². The molecule has 1 rings (SSSR count). The van der Waals surface area contributed by atoms with E-state index in [1.807, 2.05) is 0 Å². The van der Waals surface area contributed by atoms with Crippen molar-refractivity contribution in [2.45, 2.75) is 52.4 Å². The van der Waals surface area contributed by atoms with Crippen LogP contribution in [-0.4, -0.2) is 19.5 Å². The van der Waals surface area contributed by atoms with E-state index in [1.165, 1.54) is 19.3 Å². The van der Waals surface area contributed by atoms with E-state index in [9.17, 15) is 4.79 Å². The summed E-state index contributed by atoms with van der Waals surface area (Å²) in [5.74, 6) is 1.77. The molecule has 1 aliphatic carbocycles. The first-order valence-electron chi connectivity index (χ1n) is 6.72. The van der Waals surface area contributed by atoms with Crippen molar-refractivity contribution in [1.29, 1.82) is 0 Å². The predicted octanol–water partition coefficient (Wildman–Crippen LogP) is 3.44. The normalized spacial score (nSPS) is 30.3. The first-order chi connectivity index (χ1) is 7.70. The smallest absolute Gasteiger partial charge is 0.136 e. The van der Waals surface area contributed by atoms with E-state index in [1.54, 1.807) is 7.11 Å². The molecule has 16 heavy (non-hydrogen) atoms. The predicted molar refractivity (Wildman–Crippen MR) is 66.4 cm³/mol. The van der Waals surface area contributed by atoms with Gasteiger partial charge in [0.2, 0.25) is 0 Å². The second-order valence-electron chi connectivity index (χ2n) is 5.22. The van der Waals surface area contributed by atoms with Gasteiger partial charge in [-0.15, -0.1) is 0 Å². The Morgan fingerprint density at radius 1 is 1.38 bits per heavy atom. The summed E-state index contributed by atoms with van der Waals surface area (Å²) in [4.78, 5) is 12.2. The Balaban J connectivity index is 2.58. The van der Waals surface area contributed by atoms with Crippen molar-refractivity contribution in [3.63, 3.8) is 0 Å². The molecule has 0 saturated heterocycles. The molecule has 2 nitrogen and oxygen atoms in total. The summed E-state index contributed by atoms with van der Waals surface area (Å²) in [6.45, 7) is 5.13. The number of hydrogen-bond acceptors (Lipinski definition) is 2. The summed E-state index contributed by atoms with van der Waals surface area (Å²) in [7, 11) is 1.74. The fraction of sp³-hybridized carbons (Fsp3) is 0.929. The highest BCUT2D eigenvalue weighted by molar-refractivity contribution is 5.81. The van der Waals surface area contributed by atoms with Crippen LogP contribution in [0.25, 0.3) is 0 Å². The van der Waals surface area contributed by atoms with E-state index in [0.717, 1.165) is 25.9 Å². The molecular weight excluding hydrogens is 200 g/mol. The Morgan fingerprint density at radius 2 is 2.12 bits per heavy atom. The first kappa shape index (κ1) is 13.7. The van der Waals surface area contributed by atoms with Crippen LogP contribution in [0.3, 0.4) is 0 Å². The lowest BCUT2D eigenvalue weighted by Crippen LogP contribution is -2.35. The molecule has 0 radical (unpaired) electrons. The minimum Gasteiger partial charge on any atom is -0.384 e. The first-order valence-corrected chi connectivity index (χ1v) is 6.72. The molecule has 0 N–H and O–H groups in total. The van der Waals surface area contributed by atoms with Gasteiger partial charge in [-0.05, 0) is 31.1 Å². The van der Waals surface area contributed by atoms with Crippen molar-refractivity contribution >= 4 is 5.78 Å². The van der Waals surface area contributed by atoms with E-state index < -0.39 is 0 Å². The van der Waals surface area contributed by atoms with Crippen LogP contribution < -0.4 is 0 Å². The van der Waals surface area contributed by atoms with Crippen molar-refractivity contribution < 1.29 is 9.53 Å². The number of rotatable bonds is 6. The SMILES string of the molecule is CCCCC(=O)C1C(C)CCCC1COC. The van der Waals surface area contributed by atoms with Gasteiger partial charge < -0.3 is 4.74 Å². The van der Waals surface area contributed by atoms with Crippen LogP contribution in [0.4, 0.5) is 0 Å². The summed E-state index contributed by atoms with van der Waals surface area (Å²) >= 11 is 0. The zero-order chi connectivity index (χ0) is 12.0. The molecule has 0 bridgehead atoms. The number of carbonyl (C=O) groups is 1. The molecule has 0 aromatic rings. The van der Waals surface area contributed by atoms with Gasteiger partial charge in [-0.3, -0.25) is 4.79 Å². The van der Waals surface area contributed by atoms with E-state index in [4.69, 9.17) is 4.74 Å². The third kappa shape index (κ3) is 3.58. The van der Waals surface area contributed by atoms with E-state index in [2.05, 4.69) is 13.8 Å². The van der Waals surface area contributed by atoms with E-state index >= 15 is 0 Å². The van der Waals surface area contributed by atoms with Gasteiger partial charge in [0.05, 0.1) is 0 Å². The Bertz CT molecular complexity index is 211. The quantitative estimate of drug-likeness (QED) is 0.693. The molecule has 0 aromatic heterocycles. The van der Waals surface area contributed by atoms with Gasteiger partial charge in [-0.1, -0.05) is 26.7 Å². The average molecular weight is 226 g/mol. The van der Waals surface area contributed by atoms with Crippen LogP contribution in [0.1, 0.15) is 52.4 Å². The molecule has 1 saturated carbocycles. The Kier molecular flexibility index (Phi) is 6.04. The lowest BCUT2D eigenvalue weighted by Gasteiger charge is -2.35. The number of ether oxygens (including phenoxy) is 1. The molecule has 1 aliphatic rings. The molecule has 3 atom stereocenters. The highest BCUT2D eigenvalue weighted by Crippen LogP contribution is 2.36. The summed E-state index contributed by atoms with van der Waals surface area (Å²) in [5, 5.41) is 0. The van der Waals surface area contributed by atoms with Gasteiger partial charge in [0.25, 0.3) is 0 Å². The van der Waals surface area contributed by atoms with Crippen molar-refractivity contribution in [3.8, 4) is 0 Å². The Labute approximate surface area is 99.8 Å². The molecule has 94 valence electrons. The van der Waals surface area contributed by atoms with E-state index in [0.29, 0.717) is 17.6 Å². The van der Waals surface area contributed by atoms with Gasteiger partial charge in [-0.25, -0.2) is 0 Å². The number of carbonyl (C=O) groups excluding carboxylic acids is 1. The molecule has 0 heterocycles. The van der Waals surface area contributed by atoms with Gasteiger partial charge in [0.15, 0.2) is 0 Å². The molecule has 1 fully saturated rings. The lowest BCUT2D eigenvalue weighted by molar-refractivity contribution is -0.128. The van der Waals surface area contributed by atoms with Gasteiger partial charge >= 0.3 is 0 Å². The van der Waals surface area contributed by atoms with Gasteiger partial charge in [0.1, 0.15) is 5.78 Å². The second-order valence-corrected chi connectivity index (χ2v) is 5.22. The number of Topliss-reactive ketones (excluding diaryl/α,β-unsaturated/α-hetero) is 1. The third-order valence-corrected chi connectivity index (χ3v) is 3.88. The van der Waals surface area contributed by atoms with E-state index in [-0.39, 0.29) is 5.92 Å². The largest absolute Gasteiger partial charge is 0.384 e. The standard InChI is InChI=1S/C14H26O2/c1-4-5-9-13(15)14-11(2)7-6-8-12(14)10-16-3/h11-12,14H,4-10H2,1-3H3. The molecular formula is C14H26O2. The minimum atomic E-state index is 0.264. The lowest BCUT2D eigenvalue weighted by atomic mass is 9.70. The molecule has 3 unspecified atom stereocenters. The summed E-state index contributed by atoms with van der Waals surface area (Å²) in [6, 6.07) is 0. The van der Waals surface area contributed by atoms with Crippen LogP contribution in [0.15, 0.2) is 0 Å². The highest BCUT2D eigenvalue weighted by Gasteiger charge is 2.35. The Morgan fingerprint density at radius 3 is 2.75 bits per heavy atom.